The van der Waals surface area contributed by atoms with Crippen LogP contribution in [0.4, 0.5) is 0 Å². The van der Waals surface area contributed by atoms with E-state index < -0.39 is 0 Å². The Bertz CT molecular complexity index is 1110. The first-order chi connectivity index (χ1) is 11.4. The van der Waals surface area contributed by atoms with Gasteiger partial charge in [-0.25, -0.2) is 0 Å². The minimum atomic E-state index is 0.239. The average molecular weight is 294 g/mol. The van der Waals surface area contributed by atoms with E-state index in [1.165, 1.54) is 43.8 Å². The lowest BCUT2D eigenvalue weighted by Crippen LogP contribution is -1.99. The van der Waals surface area contributed by atoms with Crippen LogP contribution < -0.4 is 0 Å². The molecule has 1 aliphatic heterocycles. The number of benzene rings is 4. The van der Waals surface area contributed by atoms with Crippen LogP contribution in [0.25, 0.3) is 32.7 Å². The molecule has 0 amide bonds. The SMILES string of the molecule is c1ccc2c(c1)-c1cc3ccc4ccccc4c3cc1C1OC21. The summed E-state index contributed by atoms with van der Waals surface area (Å²) in [4.78, 5) is 0. The lowest BCUT2D eigenvalue weighted by atomic mass is 9.83. The minimum Gasteiger partial charge on any atom is -0.359 e. The van der Waals surface area contributed by atoms with E-state index >= 15 is 0 Å². The van der Waals surface area contributed by atoms with Crippen molar-refractivity contribution in [1.82, 2.24) is 0 Å². The lowest BCUT2D eigenvalue weighted by molar-refractivity contribution is 0.380. The van der Waals surface area contributed by atoms with Crippen molar-refractivity contribution in [2.75, 3.05) is 0 Å². The van der Waals surface area contributed by atoms with Gasteiger partial charge in [-0.15, -0.1) is 0 Å². The van der Waals surface area contributed by atoms with Crippen molar-refractivity contribution in [1.29, 1.82) is 0 Å². The Balaban J connectivity index is 1.75. The summed E-state index contributed by atoms with van der Waals surface area (Å²) in [6.45, 7) is 0. The maximum atomic E-state index is 5.99. The van der Waals surface area contributed by atoms with E-state index in [0.29, 0.717) is 0 Å². The van der Waals surface area contributed by atoms with Crippen molar-refractivity contribution >= 4 is 21.5 Å². The summed E-state index contributed by atoms with van der Waals surface area (Å²) < 4.78 is 5.99. The van der Waals surface area contributed by atoms with Gasteiger partial charge in [0.25, 0.3) is 0 Å². The summed E-state index contributed by atoms with van der Waals surface area (Å²) in [6, 6.07) is 26.4. The Hall–Kier alpha value is -2.64. The molecule has 1 fully saturated rings. The second-order valence-electron chi connectivity index (χ2n) is 6.51. The van der Waals surface area contributed by atoms with Crippen molar-refractivity contribution in [3.63, 3.8) is 0 Å². The number of ether oxygens (including phenoxy) is 1. The molecule has 108 valence electrons. The molecule has 1 saturated heterocycles. The quantitative estimate of drug-likeness (QED) is 0.295. The van der Waals surface area contributed by atoms with Crippen LogP contribution >= 0.6 is 0 Å². The van der Waals surface area contributed by atoms with E-state index in [1.807, 2.05) is 0 Å². The first-order valence-corrected chi connectivity index (χ1v) is 8.10. The van der Waals surface area contributed by atoms with E-state index in [4.69, 9.17) is 4.74 Å². The number of rotatable bonds is 0. The van der Waals surface area contributed by atoms with E-state index in [9.17, 15) is 0 Å². The van der Waals surface area contributed by atoms with Crippen LogP contribution in [0.15, 0.2) is 72.8 Å². The summed E-state index contributed by atoms with van der Waals surface area (Å²) in [5.41, 5.74) is 5.35. The van der Waals surface area contributed by atoms with E-state index in [2.05, 4.69) is 72.8 Å². The molecule has 1 aliphatic carbocycles. The van der Waals surface area contributed by atoms with Gasteiger partial charge in [0.15, 0.2) is 0 Å². The Morgan fingerprint density at radius 3 is 2.35 bits per heavy atom. The number of epoxide rings is 1. The third-order valence-electron chi connectivity index (χ3n) is 5.27. The third kappa shape index (κ3) is 1.50. The van der Waals surface area contributed by atoms with Crippen molar-refractivity contribution < 1.29 is 4.74 Å². The molecule has 1 heteroatoms. The third-order valence-corrected chi connectivity index (χ3v) is 5.27. The number of hydrogen-bond acceptors (Lipinski definition) is 1. The first-order valence-electron chi connectivity index (χ1n) is 8.10. The minimum absolute atomic E-state index is 0.239. The molecule has 0 saturated carbocycles. The van der Waals surface area contributed by atoms with E-state index in [-0.39, 0.29) is 12.2 Å². The fourth-order valence-corrected chi connectivity index (χ4v) is 4.12. The molecule has 0 N–H and O–H groups in total. The van der Waals surface area contributed by atoms with Gasteiger partial charge in [0.1, 0.15) is 12.2 Å². The molecule has 0 aromatic heterocycles. The van der Waals surface area contributed by atoms with Crippen molar-refractivity contribution in [3.05, 3.63) is 83.9 Å². The lowest BCUT2D eigenvalue weighted by Gasteiger charge is -2.18. The van der Waals surface area contributed by atoms with E-state index in [1.54, 1.807) is 0 Å². The molecule has 2 atom stereocenters. The highest BCUT2D eigenvalue weighted by atomic mass is 16.6. The van der Waals surface area contributed by atoms with Gasteiger partial charge in [-0.2, -0.15) is 0 Å². The maximum absolute atomic E-state index is 5.99. The highest BCUT2D eigenvalue weighted by Gasteiger charge is 2.47. The largest absolute Gasteiger partial charge is 0.359 e. The van der Waals surface area contributed by atoms with Crippen molar-refractivity contribution in [2.24, 2.45) is 0 Å². The van der Waals surface area contributed by atoms with Crippen LogP contribution in [-0.2, 0) is 4.74 Å². The Kier molecular flexibility index (Phi) is 2.07. The van der Waals surface area contributed by atoms with Crippen LogP contribution in [0.2, 0.25) is 0 Å². The number of hydrogen-bond donors (Lipinski definition) is 0. The first kappa shape index (κ1) is 11.9. The molecular weight excluding hydrogens is 280 g/mol. The summed E-state index contributed by atoms with van der Waals surface area (Å²) in [5.74, 6) is 0. The topological polar surface area (TPSA) is 12.5 Å². The molecule has 1 nitrogen and oxygen atoms in total. The predicted molar refractivity (Wildman–Crippen MR) is 93.5 cm³/mol. The standard InChI is InChI=1S/C22H14O/c1-2-6-15-13(5-1)9-10-14-11-19-16-7-3-4-8-17(16)21-22(23-21)20(19)12-18(14)15/h1-12,21-22H. The molecule has 4 aromatic carbocycles. The fourth-order valence-electron chi connectivity index (χ4n) is 4.12. The summed E-state index contributed by atoms with van der Waals surface area (Å²) in [6.07, 6.45) is 0.495. The molecular formula is C22H14O. The monoisotopic (exact) mass is 294 g/mol. The van der Waals surface area contributed by atoms with E-state index in [0.717, 1.165) is 0 Å². The molecule has 0 radical (unpaired) electrons. The Morgan fingerprint density at radius 2 is 1.35 bits per heavy atom. The normalized spacial score (nSPS) is 20.9. The molecule has 0 spiro atoms. The second-order valence-corrected chi connectivity index (χ2v) is 6.51. The maximum Gasteiger partial charge on any atom is 0.114 e. The predicted octanol–water partition coefficient (Wildman–Crippen LogP) is 5.79. The fraction of sp³-hybridized carbons (Fsp3) is 0.0909. The summed E-state index contributed by atoms with van der Waals surface area (Å²) in [5, 5.41) is 5.25. The zero-order valence-corrected chi connectivity index (χ0v) is 12.5. The summed E-state index contributed by atoms with van der Waals surface area (Å²) in [7, 11) is 0. The molecule has 2 aliphatic rings. The van der Waals surface area contributed by atoms with Gasteiger partial charge < -0.3 is 4.74 Å². The van der Waals surface area contributed by atoms with Gasteiger partial charge >= 0.3 is 0 Å². The molecule has 4 aromatic rings. The summed E-state index contributed by atoms with van der Waals surface area (Å²) >= 11 is 0. The highest BCUT2D eigenvalue weighted by Crippen LogP contribution is 2.59. The van der Waals surface area contributed by atoms with Crippen LogP contribution in [0, 0.1) is 0 Å². The van der Waals surface area contributed by atoms with Crippen LogP contribution in [-0.4, -0.2) is 0 Å². The zero-order chi connectivity index (χ0) is 15.0. The Morgan fingerprint density at radius 1 is 0.565 bits per heavy atom. The number of fused-ring (bicyclic) bond motifs is 9. The van der Waals surface area contributed by atoms with Gasteiger partial charge in [-0.05, 0) is 55.9 Å². The van der Waals surface area contributed by atoms with Crippen LogP contribution in [0.5, 0.6) is 0 Å². The zero-order valence-electron chi connectivity index (χ0n) is 12.5. The van der Waals surface area contributed by atoms with Gasteiger partial charge in [0.05, 0.1) is 0 Å². The second kappa shape index (κ2) is 4.01. The van der Waals surface area contributed by atoms with Gasteiger partial charge in [-0.1, -0.05) is 60.7 Å². The van der Waals surface area contributed by atoms with Gasteiger partial charge in [0.2, 0.25) is 0 Å². The van der Waals surface area contributed by atoms with Crippen LogP contribution in [0.3, 0.4) is 0 Å². The Labute approximate surface area is 134 Å². The van der Waals surface area contributed by atoms with Crippen LogP contribution in [0.1, 0.15) is 23.3 Å². The molecule has 6 rings (SSSR count). The van der Waals surface area contributed by atoms with Gasteiger partial charge in [-0.3, -0.25) is 0 Å². The highest BCUT2D eigenvalue weighted by molar-refractivity contribution is 6.09. The van der Waals surface area contributed by atoms with Crippen molar-refractivity contribution in [2.45, 2.75) is 12.2 Å². The van der Waals surface area contributed by atoms with Crippen molar-refractivity contribution in [3.8, 4) is 11.1 Å². The molecule has 2 unspecified atom stereocenters. The molecule has 1 heterocycles. The average Bonchev–Trinajstić information content (AvgIpc) is 3.42. The molecule has 23 heavy (non-hydrogen) atoms. The smallest absolute Gasteiger partial charge is 0.114 e. The molecule has 0 bridgehead atoms. The van der Waals surface area contributed by atoms with Gasteiger partial charge in [0, 0.05) is 0 Å².